The van der Waals surface area contributed by atoms with E-state index in [1.807, 2.05) is 19.1 Å². The third-order valence-corrected chi connectivity index (χ3v) is 5.27. The van der Waals surface area contributed by atoms with Crippen molar-refractivity contribution in [1.29, 1.82) is 0 Å². The minimum atomic E-state index is -0.252. The van der Waals surface area contributed by atoms with E-state index >= 15 is 0 Å². The molecular formula is C21H18ClNO3. The average Bonchev–Trinajstić information content (AvgIpc) is 2.90. The number of nitrogens with zero attached hydrogens (tertiary/aromatic N) is 1. The summed E-state index contributed by atoms with van der Waals surface area (Å²) in [5, 5.41) is 0.643. The highest BCUT2D eigenvalue weighted by molar-refractivity contribution is 6.30. The summed E-state index contributed by atoms with van der Waals surface area (Å²) in [6, 6.07) is 14.1. The van der Waals surface area contributed by atoms with Gasteiger partial charge in [-0.2, -0.15) is 0 Å². The van der Waals surface area contributed by atoms with Gasteiger partial charge in [0.05, 0.1) is 17.5 Å². The van der Waals surface area contributed by atoms with Gasteiger partial charge in [0.15, 0.2) is 0 Å². The molecule has 1 heterocycles. The molecule has 4 nitrogen and oxygen atoms in total. The van der Waals surface area contributed by atoms with Crippen molar-refractivity contribution in [3.8, 4) is 11.5 Å². The number of fused-ring (bicyclic) bond motifs is 1. The number of rotatable bonds is 3. The van der Waals surface area contributed by atoms with Gasteiger partial charge in [0.2, 0.25) is 11.8 Å². The topological polar surface area (TPSA) is 46.6 Å². The molecule has 2 aromatic carbocycles. The van der Waals surface area contributed by atoms with Crippen LogP contribution in [-0.2, 0) is 9.59 Å². The van der Waals surface area contributed by atoms with Gasteiger partial charge in [-0.15, -0.1) is 0 Å². The zero-order valence-electron chi connectivity index (χ0n) is 14.3. The maximum atomic E-state index is 12.8. The first-order valence-electron chi connectivity index (χ1n) is 8.62. The molecule has 1 saturated heterocycles. The molecule has 2 aromatic rings. The summed E-state index contributed by atoms with van der Waals surface area (Å²) >= 11 is 5.87. The van der Waals surface area contributed by atoms with Gasteiger partial charge >= 0.3 is 0 Å². The van der Waals surface area contributed by atoms with E-state index in [0.29, 0.717) is 28.6 Å². The molecule has 3 atom stereocenters. The van der Waals surface area contributed by atoms with Crippen LogP contribution in [0.15, 0.2) is 60.7 Å². The van der Waals surface area contributed by atoms with E-state index in [1.54, 1.807) is 48.5 Å². The molecule has 0 saturated carbocycles. The Balaban J connectivity index is 1.54. The predicted octanol–water partition coefficient (Wildman–Crippen LogP) is 4.83. The largest absolute Gasteiger partial charge is 0.457 e. The summed E-state index contributed by atoms with van der Waals surface area (Å²) in [4.78, 5) is 26.9. The van der Waals surface area contributed by atoms with Crippen molar-refractivity contribution in [2.45, 2.75) is 13.3 Å². The lowest BCUT2D eigenvalue weighted by Gasteiger charge is -2.22. The molecule has 1 aliphatic carbocycles. The fraction of sp³-hybridized carbons (Fsp3) is 0.238. The number of ether oxygens (including phenoxy) is 1. The lowest BCUT2D eigenvalue weighted by atomic mass is 9.78. The number of carbonyl (C=O) groups is 2. The molecule has 3 unspecified atom stereocenters. The Labute approximate surface area is 157 Å². The van der Waals surface area contributed by atoms with E-state index in [9.17, 15) is 9.59 Å². The molecule has 0 aromatic heterocycles. The number of allylic oxidation sites excluding steroid dienone is 2. The molecule has 26 heavy (non-hydrogen) atoms. The standard InChI is InChI=1S/C21H18ClNO3/c1-13-3-2-4-18-19(13)21(25)23(20(18)24)15-7-11-17(12-8-15)26-16-9-5-14(22)6-10-16/h2-3,5-13,18-19H,4H2,1H3. The lowest BCUT2D eigenvalue weighted by molar-refractivity contribution is -0.122. The molecule has 2 aliphatic rings. The molecule has 0 N–H and O–H groups in total. The Hall–Kier alpha value is -2.59. The van der Waals surface area contributed by atoms with Gasteiger partial charge in [0.25, 0.3) is 0 Å². The fourth-order valence-corrected chi connectivity index (χ4v) is 3.83. The van der Waals surface area contributed by atoms with E-state index in [-0.39, 0.29) is 29.6 Å². The predicted molar refractivity (Wildman–Crippen MR) is 100 cm³/mol. The SMILES string of the molecule is CC1C=CCC2C(=O)N(c3ccc(Oc4ccc(Cl)cc4)cc3)C(=O)C12. The summed E-state index contributed by atoms with van der Waals surface area (Å²) < 4.78 is 5.76. The van der Waals surface area contributed by atoms with E-state index in [0.717, 1.165) is 0 Å². The monoisotopic (exact) mass is 367 g/mol. The number of amides is 2. The first kappa shape index (κ1) is 16.9. The fourth-order valence-electron chi connectivity index (χ4n) is 3.70. The Bertz CT molecular complexity index is 873. The van der Waals surface area contributed by atoms with Gasteiger partial charge in [-0.3, -0.25) is 14.5 Å². The van der Waals surface area contributed by atoms with E-state index in [1.165, 1.54) is 4.90 Å². The maximum absolute atomic E-state index is 12.8. The zero-order valence-corrected chi connectivity index (χ0v) is 15.0. The van der Waals surface area contributed by atoms with Crippen LogP contribution in [0.5, 0.6) is 11.5 Å². The summed E-state index contributed by atoms with van der Waals surface area (Å²) in [6.07, 6.45) is 4.66. The number of hydrogen-bond donors (Lipinski definition) is 0. The van der Waals surface area contributed by atoms with Crippen LogP contribution in [0.1, 0.15) is 13.3 Å². The smallest absolute Gasteiger partial charge is 0.238 e. The number of imide groups is 1. The summed E-state index contributed by atoms with van der Waals surface area (Å²) in [5.74, 6) is 0.669. The summed E-state index contributed by atoms with van der Waals surface area (Å²) in [5.41, 5.74) is 0.588. The number of hydrogen-bond acceptors (Lipinski definition) is 3. The van der Waals surface area contributed by atoms with Gasteiger partial charge in [-0.05, 0) is 60.9 Å². The lowest BCUT2D eigenvalue weighted by Crippen LogP contribution is -2.31. The van der Waals surface area contributed by atoms with Crippen molar-refractivity contribution in [2.75, 3.05) is 4.90 Å². The Morgan fingerprint density at radius 2 is 1.58 bits per heavy atom. The number of anilines is 1. The van der Waals surface area contributed by atoms with Gasteiger partial charge < -0.3 is 4.74 Å². The third kappa shape index (κ3) is 2.90. The second kappa shape index (κ2) is 6.61. The minimum absolute atomic E-state index is 0.0858. The van der Waals surface area contributed by atoms with Crippen LogP contribution >= 0.6 is 11.6 Å². The van der Waals surface area contributed by atoms with Crippen LogP contribution in [0.4, 0.5) is 5.69 Å². The molecule has 5 heteroatoms. The third-order valence-electron chi connectivity index (χ3n) is 5.02. The first-order valence-corrected chi connectivity index (χ1v) is 9.00. The van der Waals surface area contributed by atoms with E-state index in [4.69, 9.17) is 16.3 Å². The average molecular weight is 368 g/mol. The highest BCUT2D eigenvalue weighted by atomic mass is 35.5. The van der Waals surface area contributed by atoms with Gasteiger partial charge in [0.1, 0.15) is 11.5 Å². The number of halogens is 1. The van der Waals surface area contributed by atoms with Crippen molar-refractivity contribution in [1.82, 2.24) is 0 Å². The molecule has 4 rings (SSSR count). The van der Waals surface area contributed by atoms with Gasteiger partial charge in [0, 0.05) is 5.02 Å². The highest BCUT2D eigenvalue weighted by Gasteiger charge is 2.50. The van der Waals surface area contributed by atoms with Gasteiger partial charge in [-0.1, -0.05) is 30.7 Å². The molecule has 0 radical (unpaired) electrons. The van der Waals surface area contributed by atoms with Crippen molar-refractivity contribution in [3.05, 3.63) is 65.7 Å². The van der Waals surface area contributed by atoms with Crippen molar-refractivity contribution in [3.63, 3.8) is 0 Å². The number of benzene rings is 2. The van der Waals surface area contributed by atoms with Gasteiger partial charge in [-0.25, -0.2) is 0 Å². The first-order chi connectivity index (χ1) is 12.5. The molecule has 0 bridgehead atoms. The summed E-state index contributed by atoms with van der Waals surface area (Å²) in [6.45, 7) is 1.99. The van der Waals surface area contributed by atoms with Crippen molar-refractivity contribution >= 4 is 29.1 Å². The van der Waals surface area contributed by atoms with Crippen LogP contribution in [-0.4, -0.2) is 11.8 Å². The molecule has 132 valence electrons. The van der Waals surface area contributed by atoms with Crippen molar-refractivity contribution < 1.29 is 14.3 Å². The van der Waals surface area contributed by atoms with Crippen molar-refractivity contribution in [2.24, 2.45) is 17.8 Å². The number of carbonyl (C=O) groups excluding carboxylic acids is 2. The Morgan fingerprint density at radius 1 is 0.962 bits per heavy atom. The van der Waals surface area contributed by atoms with Crippen LogP contribution in [0, 0.1) is 17.8 Å². The minimum Gasteiger partial charge on any atom is -0.457 e. The van der Waals surface area contributed by atoms with Crippen LogP contribution in [0.2, 0.25) is 5.02 Å². The van der Waals surface area contributed by atoms with Crippen LogP contribution in [0.25, 0.3) is 0 Å². The molecular weight excluding hydrogens is 350 g/mol. The Morgan fingerprint density at radius 3 is 2.19 bits per heavy atom. The highest BCUT2D eigenvalue weighted by Crippen LogP contribution is 2.40. The normalized spacial score (nSPS) is 24.7. The second-order valence-electron chi connectivity index (χ2n) is 6.72. The van der Waals surface area contributed by atoms with Crippen LogP contribution in [0.3, 0.4) is 0 Å². The molecule has 0 spiro atoms. The molecule has 1 aliphatic heterocycles. The van der Waals surface area contributed by atoms with Crippen LogP contribution < -0.4 is 9.64 Å². The van der Waals surface area contributed by atoms with E-state index in [2.05, 4.69) is 0 Å². The second-order valence-corrected chi connectivity index (χ2v) is 7.15. The zero-order chi connectivity index (χ0) is 18.3. The van der Waals surface area contributed by atoms with E-state index < -0.39 is 0 Å². The quantitative estimate of drug-likeness (QED) is 0.576. The Kier molecular flexibility index (Phi) is 4.29. The summed E-state index contributed by atoms with van der Waals surface area (Å²) in [7, 11) is 0. The molecule has 2 amide bonds. The maximum Gasteiger partial charge on any atom is 0.238 e. The molecule has 1 fully saturated rings.